The Hall–Kier alpha value is -1.94. The van der Waals surface area contributed by atoms with Crippen molar-refractivity contribution in [1.82, 2.24) is 14.8 Å². The molecule has 0 aliphatic rings. The standard InChI is InChI=1S/C15H18F3N3O3S/c1-10(11-4-6-12(7-5-11)24-15(16,17)18)25-14-20-19-13(22)21(14)8-3-9-23-2/h4-7,10H,3,8-9H2,1-2H3,(H,19,22). The molecule has 0 fully saturated rings. The van der Waals surface area contributed by atoms with Crippen LogP contribution in [0.1, 0.15) is 24.2 Å². The molecule has 1 unspecified atom stereocenters. The normalized spacial score (nSPS) is 13.0. The molecule has 1 aromatic heterocycles. The predicted octanol–water partition coefficient (Wildman–Crippen LogP) is 3.36. The number of aromatic amines is 1. The molecule has 1 atom stereocenters. The summed E-state index contributed by atoms with van der Waals surface area (Å²) >= 11 is 1.34. The van der Waals surface area contributed by atoms with Gasteiger partial charge in [0.1, 0.15) is 5.75 Å². The Morgan fingerprint density at radius 3 is 2.60 bits per heavy atom. The van der Waals surface area contributed by atoms with Crippen LogP contribution in [0.2, 0.25) is 0 Å². The van der Waals surface area contributed by atoms with Gasteiger partial charge in [0.2, 0.25) is 0 Å². The molecule has 1 N–H and O–H groups in total. The average molecular weight is 377 g/mol. The number of aromatic nitrogens is 3. The van der Waals surface area contributed by atoms with E-state index in [0.717, 1.165) is 5.56 Å². The van der Waals surface area contributed by atoms with Crippen LogP contribution in [0.25, 0.3) is 0 Å². The number of hydrogen-bond acceptors (Lipinski definition) is 5. The predicted molar refractivity (Wildman–Crippen MR) is 86.7 cm³/mol. The van der Waals surface area contributed by atoms with Crippen LogP contribution >= 0.6 is 11.8 Å². The minimum Gasteiger partial charge on any atom is -0.406 e. The van der Waals surface area contributed by atoms with Crippen molar-refractivity contribution >= 4 is 11.8 Å². The number of alkyl halides is 3. The topological polar surface area (TPSA) is 69.1 Å². The molecule has 6 nitrogen and oxygen atoms in total. The third-order valence-corrected chi connectivity index (χ3v) is 4.47. The number of methoxy groups -OCH3 is 1. The van der Waals surface area contributed by atoms with Crippen LogP contribution in [0, 0.1) is 0 Å². The Labute approximate surface area is 146 Å². The van der Waals surface area contributed by atoms with Gasteiger partial charge >= 0.3 is 12.1 Å². The Kier molecular flexibility index (Phi) is 6.54. The van der Waals surface area contributed by atoms with Crippen LogP contribution in [0.3, 0.4) is 0 Å². The first-order valence-electron chi connectivity index (χ1n) is 7.46. The van der Waals surface area contributed by atoms with Crippen molar-refractivity contribution < 1.29 is 22.6 Å². The third-order valence-electron chi connectivity index (χ3n) is 3.32. The summed E-state index contributed by atoms with van der Waals surface area (Å²) in [4.78, 5) is 11.8. The Morgan fingerprint density at radius 1 is 1.32 bits per heavy atom. The fraction of sp³-hybridized carbons (Fsp3) is 0.467. The summed E-state index contributed by atoms with van der Waals surface area (Å²) in [5.74, 6) is -0.273. The second-order valence-corrected chi connectivity index (χ2v) is 6.49. The minimum atomic E-state index is -4.71. The van der Waals surface area contributed by atoms with Crippen molar-refractivity contribution in [3.8, 4) is 5.75 Å². The Bertz CT molecular complexity index is 728. The summed E-state index contributed by atoms with van der Waals surface area (Å²) in [6.07, 6.45) is -4.05. The number of benzene rings is 1. The van der Waals surface area contributed by atoms with E-state index in [1.54, 1.807) is 19.2 Å². The number of ether oxygens (including phenoxy) is 2. The van der Waals surface area contributed by atoms with E-state index < -0.39 is 6.36 Å². The van der Waals surface area contributed by atoms with Crippen molar-refractivity contribution in [2.45, 2.75) is 36.7 Å². The highest BCUT2D eigenvalue weighted by Gasteiger charge is 2.31. The number of nitrogens with zero attached hydrogens (tertiary/aromatic N) is 2. The maximum Gasteiger partial charge on any atom is 0.573 e. The van der Waals surface area contributed by atoms with E-state index in [-0.39, 0.29) is 16.7 Å². The molecule has 2 rings (SSSR count). The molecule has 0 amide bonds. The Morgan fingerprint density at radius 2 is 2.00 bits per heavy atom. The fourth-order valence-corrected chi connectivity index (χ4v) is 3.13. The number of thioether (sulfide) groups is 1. The number of rotatable bonds is 8. The molecule has 0 aliphatic heterocycles. The lowest BCUT2D eigenvalue weighted by molar-refractivity contribution is -0.274. The van der Waals surface area contributed by atoms with Crippen molar-refractivity contribution in [2.24, 2.45) is 0 Å². The second-order valence-electron chi connectivity index (χ2n) is 5.19. The van der Waals surface area contributed by atoms with Gasteiger partial charge in [0, 0.05) is 25.5 Å². The monoisotopic (exact) mass is 377 g/mol. The highest BCUT2D eigenvalue weighted by atomic mass is 32.2. The van der Waals surface area contributed by atoms with Crippen molar-refractivity contribution in [3.63, 3.8) is 0 Å². The van der Waals surface area contributed by atoms with Crippen LogP contribution in [0.4, 0.5) is 13.2 Å². The van der Waals surface area contributed by atoms with Crippen molar-refractivity contribution in [1.29, 1.82) is 0 Å². The van der Waals surface area contributed by atoms with E-state index in [4.69, 9.17) is 4.74 Å². The second kappa shape index (κ2) is 8.43. The Balaban J connectivity index is 2.04. The van der Waals surface area contributed by atoms with Gasteiger partial charge < -0.3 is 9.47 Å². The van der Waals surface area contributed by atoms with Gasteiger partial charge in [-0.25, -0.2) is 9.89 Å². The van der Waals surface area contributed by atoms with Crippen LogP contribution in [0.5, 0.6) is 5.75 Å². The van der Waals surface area contributed by atoms with E-state index in [1.165, 1.54) is 28.5 Å². The summed E-state index contributed by atoms with van der Waals surface area (Å²) in [5.41, 5.74) is 0.484. The maximum absolute atomic E-state index is 12.2. The van der Waals surface area contributed by atoms with Gasteiger partial charge in [-0.05, 0) is 31.0 Å². The first-order chi connectivity index (χ1) is 11.8. The van der Waals surface area contributed by atoms with Crippen LogP contribution < -0.4 is 10.4 Å². The average Bonchev–Trinajstić information content (AvgIpc) is 2.87. The van der Waals surface area contributed by atoms with E-state index >= 15 is 0 Å². The SMILES string of the molecule is COCCCn1c(SC(C)c2ccc(OC(F)(F)F)cc2)n[nH]c1=O. The van der Waals surface area contributed by atoms with Crippen molar-refractivity contribution in [2.75, 3.05) is 13.7 Å². The summed E-state index contributed by atoms with van der Waals surface area (Å²) < 4.78 is 46.9. The number of H-pyrrole nitrogens is 1. The molecule has 2 aromatic rings. The minimum absolute atomic E-state index is 0.115. The fourth-order valence-electron chi connectivity index (χ4n) is 2.12. The van der Waals surface area contributed by atoms with Crippen molar-refractivity contribution in [3.05, 3.63) is 40.3 Å². The molecule has 1 aromatic carbocycles. The van der Waals surface area contributed by atoms with Crippen LogP contribution in [-0.4, -0.2) is 34.8 Å². The molecule has 1 heterocycles. The van der Waals surface area contributed by atoms with E-state index in [2.05, 4.69) is 14.9 Å². The van der Waals surface area contributed by atoms with Gasteiger partial charge in [-0.1, -0.05) is 23.9 Å². The molecule has 0 saturated heterocycles. The highest BCUT2D eigenvalue weighted by molar-refractivity contribution is 7.99. The molecule has 138 valence electrons. The number of nitrogens with one attached hydrogen (secondary N) is 1. The van der Waals surface area contributed by atoms with Gasteiger partial charge in [0.25, 0.3) is 0 Å². The van der Waals surface area contributed by atoms with Gasteiger partial charge in [0.15, 0.2) is 5.16 Å². The lowest BCUT2D eigenvalue weighted by atomic mass is 10.2. The first-order valence-corrected chi connectivity index (χ1v) is 8.34. The lowest BCUT2D eigenvalue weighted by Crippen LogP contribution is -2.18. The summed E-state index contributed by atoms with van der Waals surface area (Å²) in [6, 6.07) is 5.63. The van der Waals surface area contributed by atoms with Gasteiger partial charge in [-0.2, -0.15) is 0 Å². The van der Waals surface area contributed by atoms with E-state index in [1.807, 2.05) is 6.92 Å². The molecule has 0 bridgehead atoms. The molecule has 25 heavy (non-hydrogen) atoms. The molecule has 10 heteroatoms. The zero-order valence-corrected chi connectivity index (χ0v) is 14.5. The van der Waals surface area contributed by atoms with Gasteiger partial charge in [-0.3, -0.25) is 4.57 Å². The molecule has 0 saturated carbocycles. The molecular weight excluding hydrogens is 359 g/mol. The summed E-state index contributed by atoms with van der Waals surface area (Å²) in [5, 5.41) is 6.81. The highest BCUT2D eigenvalue weighted by Crippen LogP contribution is 2.34. The first kappa shape index (κ1) is 19.4. The molecule has 0 spiro atoms. The van der Waals surface area contributed by atoms with Crippen LogP contribution in [0.15, 0.2) is 34.2 Å². The lowest BCUT2D eigenvalue weighted by Gasteiger charge is -2.13. The third kappa shape index (κ3) is 5.82. The number of hydrogen-bond donors (Lipinski definition) is 1. The zero-order valence-electron chi connectivity index (χ0n) is 13.7. The summed E-state index contributed by atoms with van der Waals surface area (Å²) in [7, 11) is 1.59. The largest absolute Gasteiger partial charge is 0.573 e. The molecule has 0 radical (unpaired) electrons. The summed E-state index contributed by atoms with van der Waals surface area (Å²) in [6.45, 7) is 2.87. The quantitative estimate of drug-likeness (QED) is 0.564. The van der Waals surface area contributed by atoms with E-state index in [9.17, 15) is 18.0 Å². The van der Waals surface area contributed by atoms with Gasteiger partial charge in [-0.15, -0.1) is 18.3 Å². The zero-order chi connectivity index (χ0) is 18.4. The smallest absolute Gasteiger partial charge is 0.406 e. The van der Waals surface area contributed by atoms with Gasteiger partial charge in [0.05, 0.1) is 0 Å². The molecule has 0 aliphatic carbocycles. The number of halogens is 3. The van der Waals surface area contributed by atoms with Crippen LogP contribution in [-0.2, 0) is 11.3 Å². The maximum atomic E-state index is 12.2. The molecular formula is C15H18F3N3O3S. The van der Waals surface area contributed by atoms with E-state index in [0.29, 0.717) is 24.7 Å².